The normalized spacial score (nSPS) is 10.6. The first-order valence-electron chi connectivity index (χ1n) is 7.58. The van der Waals surface area contributed by atoms with Gasteiger partial charge in [-0.25, -0.2) is 4.79 Å². The van der Waals surface area contributed by atoms with E-state index in [-0.39, 0.29) is 11.3 Å². The number of esters is 1. The lowest BCUT2D eigenvalue weighted by Gasteiger charge is -2.09. The molecule has 25 heavy (non-hydrogen) atoms. The van der Waals surface area contributed by atoms with Crippen LogP contribution in [0.1, 0.15) is 40.1 Å². The summed E-state index contributed by atoms with van der Waals surface area (Å²) in [6, 6.07) is 5.41. The molecule has 1 heterocycles. The van der Waals surface area contributed by atoms with E-state index in [0.717, 1.165) is 5.56 Å². The Kier molecular flexibility index (Phi) is 5.87. The summed E-state index contributed by atoms with van der Waals surface area (Å²) in [5.41, 5.74) is 1.11. The lowest BCUT2D eigenvalue weighted by molar-refractivity contribution is -0.384. The summed E-state index contributed by atoms with van der Waals surface area (Å²) in [6.45, 7) is 4.06. The van der Waals surface area contributed by atoms with E-state index in [1.165, 1.54) is 42.7 Å². The Balaban J connectivity index is 2.31. The number of nitro groups is 1. The average molecular weight is 362 g/mol. The van der Waals surface area contributed by atoms with Gasteiger partial charge in [0, 0.05) is 17.7 Å². The predicted molar refractivity (Wildman–Crippen MR) is 95.3 cm³/mol. The Morgan fingerprint density at radius 1 is 1.36 bits per heavy atom. The molecule has 0 fully saturated rings. The number of methoxy groups -OCH3 is 1. The molecule has 8 heteroatoms. The Labute approximate surface area is 148 Å². The standard InChI is InChI=1S/C17H18N2O5S/c1-10(2)7-12-9-25-16(14(12)17(21)24-3)18-15(20)11-5-4-6-13(8-11)19(22)23/h4-6,8-10H,7H2,1-3H3,(H,18,20). The first kappa shape index (κ1) is 18.6. The first-order chi connectivity index (χ1) is 11.8. The Morgan fingerprint density at radius 2 is 2.08 bits per heavy atom. The topological polar surface area (TPSA) is 98.5 Å². The second kappa shape index (κ2) is 7.89. The molecule has 1 amide bonds. The summed E-state index contributed by atoms with van der Waals surface area (Å²) in [5, 5.41) is 15.7. The summed E-state index contributed by atoms with van der Waals surface area (Å²) in [7, 11) is 1.28. The highest BCUT2D eigenvalue weighted by Gasteiger charge is 2.22. The van der Waals surface area contributed by atoms with Gasteiger partial charge in [0.05, 0.1) is 17.6 Å². The van der Waals surface area contributed by atoms with Gasteiger partial charge >= 0.3 is 5.97 Å². The summed E-state index contributed by atoms with van der Waals surface area (Å²) in [5.74, 6) is -0.712. The lowest BCUT2D eigenvalue weighted by atomic mass is 10.0. The van der Waals surface area contributed by atoms with Gasteiger partial charge in [0.2, 0.25) is 0 Å². The van der Waals surface area contributed by atoms with Crippen LogP contribution in [0.15, 0.2) is 29.6 Å². The number of hydrogen-bond acceptors (Lipinski definition) is 6. The van der Waals surface area contributed by atoms with Gasteiger partial charge in [0.1, 0.15) is 5.00 Å². The van der Waals surface area contributed by atoms with Crippen LogP contribution < -0.4 is 5.32 Å². The quantitative estimate of drug-likeness (QED) is 0.477. The van der Waals surface area contributed by atoms with Gasteiger partial charge < -0.3 is 10.1 Å². The van der Waals surface area contributed by atoms with Crippen LogP contribution in [-0.4, -0.2) is 23.9 Å². The molecular weight excluding hydrogens is 344 g/mol. The van der Waals surface area contributed by atoms with Gasteiger partial charge in [-0.1, -0.05) is 19.9 Å². The smallest absolute Gasteiger partial charge is 0.341 e. The maximum absolute atomic E-state index is 12.4. The van der Waals surface area contributed by atoms with Crippen molar-refractivity contribution in [1.29, 1.82) is 0 Å². The minimum Gasteiger partial charge on any atom is -0.465 e. The molecule has 0 spiro atoms. The minimum absolute atomic E-state index is 0.142. The van der Waals surface area contributed by atoms with E-state index in [1.54, 1.807) is 0 Å². The summed E-state index contributed by atoms with van der Waals surface area (Å²) >= 11 is 1.23. The highest BCUT2D eigenvalue weighted by molar-refractivity contribution is 7.15. The molecule has 0 atom stereocenters. The number of non-ortho nitro benzene ring substituents is 1. The number of nitrogens with one attached hydrogen (secondary N) is 1. The first-order valence-corrected chi connectivity index (χ1v) is 8.46. The van der Waals surface area contributed by atoms with Gasteiger partial charge in [-0.15, -0.1) is 11.3 Å². The molecule has 0 aliphatic rings. The fraction of sp³-hybridized carbons (Fsp3) is 0.294. The molecule has 1 N–H and O–H groups in total. The van der Waals surface area contributed by atoms with E-state index in [9.17, 15) is 19.7 Å². The highest BCUT2D eigenvalue weighted by Crippen LogP contribution is 2.31. The molecule has 0 saturated carbocycles. The number of ether oxygens (including phenoxy) is 1. The van der Waals surface area contributed by atoms with Crippen molar-refractivity contribution < 1.29 is 19.2 Å². The van der Waals surface area contributed by atoms with E-state index in [0.29, 0.717) is 22.9 Å². The Morgan fingerprint density at radius 3 is 2.68 bits per heavy atom. The van der Waals surface area contributed by atoms with E-state index in [1.807, 2.05) is 19.2 Å². The van der Waals surface area contributed by atoms with Crippen LogP contribution in [0.5, 0.6) is 0 Å². The fourth-order valence-corrected chi connectivity index (χ4v) is 3.30. The van der Waals surface area contributed by atoms with Crippen LogP contribution in [0, 0.1) is 16.0 Å². The van der Waals surface area contributed by atoms with E-state index in [2.05, 4.69) is 5.32 Å². The molecule has 132 valence electrons. The zero-order chi connectivity index (χ0) is 18.6. The number of thiophene rings is 1. The third-order valence-corrected chi connectivity index (χ3v) is 4.38. The molecular formula is C17H18N2O5S. The molecule has 2 rings (SSSR count). The van der Waals surface area contributed by atoms with E-state index in [4.69, 9.17) is 4.74 Å². The lowest BCUT2D eigenvalue weighted by Crippen LogP contribution is -2.15. The van der Waals surface area contributed by atoms with Crippen LogP contribution in [0.25, 0.3) is 0 Å². The number of carbonyl (C=O) groups excluding carboxylic acids is 2. The van der Waals surface area contributed by atoms with Crippen molar-refractivity contribution in [3.63, 3.8) is 0 Å². The number of anilines is 1. The molecule has 2 aromatic rings. The monoisotopic (exact) mass is 362 g/mol. The molecule has 0 unspecified atom stereocenters. The number of hydrogen-bond donors (Lipinski definition) is 1. The average Bonchev–Trinajstić information content (AvgIpc) is 2.95. The molecule has 0 aliphatic carbocycles. The van der Waals surface area contributed by atoms with Gasteiger partial charge in [0.25, 0.3) is 11.6 Å². The largest absolute Gasteiger partial charge is 0.465 e. The van der Waals surface area contributed by atoms with Crippen molar-refractivity contribution in [3.05, 3.63) is 56.5 Å². The van der Waals surface area contributed by atoms with Gasteiger partial charge in [-0.05, 0) is 29.3 Å². The zero-order valence-corrected chi connectivity index (χ0v) is 14.9. The van der Waals surface area contributed by atoms with Gasteiger partial charge in [-0.2, -0.15) is 0 Å². The van der Waals surface area contributed by atoms with Crippen LogP contribution in [0.4, 0.5) is 10.7 Å². The number of carbonyl (C=O) groups is 2. The molecule has 1 aromatic heterocycles. The predicted octanol–water partition coefficient (Wildman–Crippen LogP) is 3.89. The second-order valence-electron chi connectivity index (χ2n) is 5.82. The number of nitro benzene ring substituents is 1. The molecule has 0 bridgehead atoms. The SMILES string of the molecule is COC(=O)c1c(CC(C)C)csc1NC(=O)c1cccc([N+](=O)[O-])c1. The molecule has 0 radical (unpaired) electrons. The van der Waals surface area contributed by atoms with Crippen molar-refractivity contribution >= 4 is 33.9 Å². The fourth-order valence-electron chi connectivity index (χ4n) is 2.34. The van der Waals surface area contributed by atoms with Gasteiger partial charge in [-0.3, -0.25) is 14.9 Å². The minimum atomic E-state index is -0.567. The Bertz CT molecular complexity index is 813. The maximum atomic E-state index is 12.4. The zero-order valence-electron chi connectivity index (χ0n) is 14.1. The molecule has 0 saturated heterocycles. The van der Waals surface area contributed by atoms with Crippen LogP contribution in [0.2, 0.25) is 0 Å². The maximum Gasteiger partial charge on any atom is 0.341 e. The number of nitrogens with zero attached hydrogens (tertiary/aromatic N) is 1. The number of amides is 1. The summed E-state index contributed by atoms with van der Waals surface area (Å²) in [4.78, 5) is 34.8. The molecule has 7 nitrogen and oxygen atoms in total. The highest BCUT2D eigenvalue weighted by atomic mass is 32.1. The van der Waals surface area contributed by atoms with Crippen molar-refractivity contribution in [1.82, 2.24) is 0 Å². The van der Waals surface area contributed by atoms with Crippen molar-refractivity contribution in [3.8, 4) is 0 Å². The van der Waals surface area contributed by atoms with Crippen molar-refractivity contribution in [2.75, 3.05) is 12.4 Å². The molecule has 1 aromatic carbocycles. The van der Waals surface area contributed by atoms with E-state index >= 15 is 0 Å². The van der Waals surface area contributed by atoms with Crippen molar-refractivity contribution in [2.45, 2.75) is 20.3 Å². The summed E-state index contributed by atoms with van der Waals surface area (Å²) in [6.07, 6.45) is 0.674. The third-order valence-electron chi connectivity index (χ3n) is 3.43. The van der Waals surface area contributed by atoms with Crippen LogP contribution in [-0.2, 0) is 11.2 Å². The van der Waals surface area contributed by atoms with Gasteiger partial charge in [0.15, 0.2) is 0 Å². The van der Waals surface area contributed by atoms with Crippen molar-refractivity contribution in [2.24, 2.45) is 5.92 Å². The number of benzene rings is 1. The van der Waals surface area contributed by atoms with Crippen LogP contribution >= 0.6 is 11.3 Å². The Hall–Kier alpha value is -2.74. The number of rotatable bonds is 6. The second-order valence-corrected chi connectivity index (χ2v) is 6.70. The summed E-state index contributed by atoms with van der Waals surface area (Å²) < 4.78 is 4.82. The van der Waals surface area contributed by atoms with E-state index < -0.39 is 16.8 Å². The molecule has 0 aliphatic heterocycles. The third kappa shape index (κ3) is 4.42. The van der Waals surface area contributed by atoms with Crippen LogP contribution in [0.3, 0.4) is 0 Å².